The Kier molecular flexibility index (Phi) is 3.56. The minimum atomic E-state index is 0.148. The van der Waals surface area contributed by atoms with Gasteiger partial charge in [0.05, 0.1) is 0 Å². The van der Waals surface area contributed by atoms with Gasteiger partial charge in [-0.05, 0) is 29.4 Å². The van der Waals surface area contributed by atoms with Crippen molar-refractivity contribution >= 4 is 0 Å². The lowest BCUT2D eigenvalue weighted by Crippen LogP contribution is -2.24. The van der Waals surface area contributed by atoms with Crippen LogP contribution in [0.1, 0.15) is 43.4 Å². The minimum absolute atomic E-state index is 0.148. The summed E-state index contributed by atoms with van der Waals surface area (Å²) >= 11 is 0. The van der Waals surface area contributed by atoms with Crippen molar-refractivity contribution in [3.63, 3.8) is 0 Å². The average Bonchev–Trinajstić information content (AvgIpc) is 2.39. The standard InChI is InChI=1S/C18H22/c1-14-9-8-10-16(13-14)15(2)18(3,4)17-11-6-5-7-12-17/h5-13,15H,1-4H3. The molecule has 0 radical (unpaired) electrons. The molecule has 2 aromatic carbocycles. The van der Waals surface area contributed by atoms with E-state index in [1.807, 2.05) is 0 Å². The third-order valence-electron chi connectivity index (χ3n) is 4.14. The molecule has 94 valence electrons. The van der Waals surface area contributed by atoms with Gasteiger partial charge in [0.1, 0.15) is 0 Å². The van der Waals surface area contributed by atoms with Crippen LogP contribution in [0.5, 0.6) is 0 Å². The van der Waals surface area contributed by atoms with Crippen LogP contribution in [0.3, 0.4) is 0 Å². The van der Waals surface area contributed by atoms with E-state index in [1.54, 1.807) is 0 Å². The van der Waals surface area contributed by atoms with Crippen LogP contribution in [0.2, 0.25) is 0 Å². The van der Waals surface area contributed by atoms with Crippen LogP contribution in [0.25, 0.3) is 0 Å². The van der Waals surface area contributed by atoms with E-state index in [9.17, 15) is 0 Å². The molecule has 0 saturated heterocycles. The second kappa shape index (κ2) is 4.97. The van der Waals surface area contributed by atoms with Crippen LogP contribution in [0, 0.1) is 6.92 Å². The molecule has 0 saturated carbocycles. The van der Waals surface area contributed by atoms with Crippen LogP contribution in [-0.2, 0) is 5.41 Å². The van der Waals surface area contributed by atoms with Crippen molar-refractivity contribution in [2.45, 2.75) is 39.0 Å². The van der Waals surface area contributed by atoms with Gasteiger partial charge >= 0.3 is 0 Å². The Morgan fingerprint density at radius 3 is 2.17 bits per heavy atom. The fraction of sp³-hybridized carbons (Fsp3) is 0.333. The molecule has 0 heteroatoms. The first-order valence-corrected chi connectivity index (χ1v) is 6.64. The highest BCUT2D eigenvalue weighted by atomic mass is 14.3. The maximum atomic E-state index is 2.33. The van der Waals surface area contributed by atoms with Gasteiger partial charge in [0.15, 0.2) is 0 Å². The predicted octanol–water partition coefficient (Wildman–Crippen LogP) is 5.08. The first kappa shape index (κ1) is 12.9. The van der Waals surface area contributed by atoms with Crippen LogP contribution < -0.4 is 0 Å². The highest BCUT2D eigenvalue weighted by Crippen LogP contribution is 2.38. The van der Waals surface area contributed by atoms with Gasteiger partial charge < -0.3 is 0 Å². The molecule has 1 unspecified atom stereocenters. The second-order valence-electron chi connectivity index (χ2n) is 5.72. The van der Waals surface area contributed by atoms with Gasteiger partial charge in [-0.1, -0.05) is 80.9 Å². The summed E-state index contributed by atoms with van der Waals surface area (Å²) in [5.74, 6) is 0.500. The highest BCUT2D eigenvalue weighted by molar-refractivity contribution is 5.33. The molecule has 18 heavy (non-hydrogen) atoms. The van der Waals surface area contributed by atoms with Crippen molar-refractivity contribution in [3.8, 4) is 0 Å². The van der Waals surface area contributed by atoms with Crippen molar-refractivity contribution in [2.24, 2.45) is 0 Å². The largest absolute Gasteiger partial charge is 0.0622 e. The lowest BCUT2D eigenvalue weighted by molar-refractivity contribution is 0.436. The molecule has 1 atom stereocenters. The molecule has 0 amide bonds. The molecular formula is C18H22. The summed E-state index contributed by atoms with van der Waals surface area (Å²) in [4.78, 5) is 0. The Hall–Kier alpha value is -1.56. The quantitative estimate of drug-likeness (QED) is 0.699. The summed E-state index contributed by atoms with van der Waals surface area (Å²) in [7, 11) is 0. The number of aryl methyl sites for hydroxylation is 1. The molecule has 2 rings (SSSR count). The van der Waals surface area contributed by atoms with E-state index >= 15 is 0 Å². The molecule has 0 aliphatic rings. The van der Waals surface area contributed by atoms with Crippen molar-refractivity contribution in [2.75, 3.05) is 0 Å². The van der Waals surface area contributed by atoms with Crippen molar-refractivity contribution in [3.05, 3.63) is 71.3 Å². The second-order valence-corrected chi connectivity index (χ2v) is 5.72. The number of rotatable bonds is 3. The van der Waals surface area contributed by atoms with Crippen LogP contribution in [0.15, 0.2) is 54.6 Å². The smallest absolute Gasteiger partial charge is 0.00376 e. The fourth-order valence-electron chi connectivity index (χ4n) is 2.47. The molecule has 0 spiro atoms. The van der Waals surface area contributed by atoms with Crippen LogP contribution in [0.4, 0.5) is 0 Å². The minimum Gasteiger partial charge on any atom is -0.0622 e. The summed E-state index contributed by atoms with van der Waals surface area (Å²) < 4.78 is 0. The maximum absolute atomic E-state index is 2.33. The Labute approximate surface area is 111 Å². The van der Waals surface area contributed by atoms with Gasteiger partial charge in [0, 0.05) is 0 Å². The molecule has 0 aliphatic heterocycles. The van der Waals surface area contributed by atoms with Crippen molar-refractivity contribution in [1.29, 1.82) is 0 Å². The van der Waals surface area contributed by atoms with E-state index in [0.717, 1.165) is 0 Å². The lowest BCUT2D eigenvalue weighted by atomic mass is 9.71. The first-order chi connectivity index (χ1) is 8.51. The zero-order valence-corrected chi connectivity index (χ0v) is 11.8. The zero-order chi connectivity index (χ0) is 13.2. The van der Waals surface area contributed by atoms with E-state index < -0.39 is 0 Å². The Balaban J connectivity index is 2.36. The molecule has 0 nitrogen and oxygen atoms in total. The van der Waals surface area contributed by atoms with E-state index in [-0.39, 0.29) is 5.41 Å². The summed E-state index contributed by atoms with van der Waals surface area (Å²) in [6.45, 7) is 9.14. The topological polar surface area (TPSA) is 0 Å². The summed E-state index contributed by atoms with van der Waals surface area (Å²) in [6.07, 6.45) is 0. The van der Waals surface area contributed by atoms with Gasteiger partial charge in [-0.2, -0.15) is 0 Å². The van der Waals surface area contributed by atoms with E-state index in [0.29, 0.717) is 5.92 Å². The van der Waals surface area contributed by atoms with Crippen LogP contribution in [-0.4, -0.2) is 0 Å². The predicted molar refractivity (Wildman–Crippen MR) is 79.1 cm³/mol. The van der Waals surface area contributed by atoms with Gasteiger partial charge in [0.25, 0.3) is 0 Å². The van der Waals surface area contributed by atoms with Crippen molar-refractivity contribution < 1.29 is 0 Å². The van der Waals surface area contributed by atoms with E-state index in [2.05, 4.69) is 82.3 Å². The van der Waals surface area contributed by atoms with Crippen LogP contribution >= 0.6 is 0 Å². The SMILES string of the molecule is Cc1cccc(C(C)C(C)(C)c2ccccc2)c1. The lowest BCUT2D eigenvalue weighted by Gasteiger charge is -2.33. The zero-order valence-electron chi connectivity index (χ0n) is 11.8. The fourth-order valence-corrected chi connectivity index (χ4v) is 2.47. The molecule has 0 aliphatic carbocycles. The number of benzene rings is 2. The first-order valence-electron chi connectivity index (χ1n) is 6.64. The average molecular weight is 238 g/mol. The highest BCUT2D eigenvalue weighted by Gasteiger charge is 2.28. The molecule has 0 aromatic heterocycles. The Morgan fingerprint density at radius 2 is 1.56 bits per heavy atom. The summed E-state index contributed by atoms with van der Waals surface area (Å²) in [5, 5.41) is 0. The number of hydrogen-bond acceptors (Lipinski definition) is 0. The molecular weight excluding hydrogens is 216 g/mol. The normalized spacial score (nSPS) is 13.3. The van der Waals surface area contributed by atoms with E-state index in [1.165, 1.54) is 16.7 Å². The van der Waals surface area contributed by atoms with E-state index in [4.69, 9.17) is 0 Å². The molecule has 0 fully saturated rings. The molecule has 2 aromatic rings. The Bertz CT molecular complexity index is 509. The molecule has 0 N–H and O–H groups in total. The van der Waals surface area contributed by atoms with Gasteiger partial charge in [-0.25, -0.2) is 0 Å². The maximum Gasteiger partial charge on any atom is -0.00376 e. The summed E-state index contributed by atoms with van der Waals surface area (Å²) in [6, 6.07) is 19.6. The monoisotopic (exact) mass is 238 g/mol. The third-order valence-corrected chi connectivity index (χ3v) is 4.14. The Morgan fingerprint density at radius 1 is 0.889 bits per heavy atom. The van der Waals surface area contributed by atoms with Crippen molar-refractivity contribution in [1.82, 2.24) is 0 Å². The van der Waals surface area contributed by atoms with Gasteiger partial charge in [-0.15, -0.1) is 0 Å². The van der Waals surface area contributed by atoms with Gasteiger partial charge in [-0.3, -0.25) is 0 Å². The third kappa shape index (κ3) is 2.48. The molecule has 0 heterocycles. The van der Waals surface area contributed by atoms with Gasteiger partial charge in [0.2, 0.25) is 0 Å². The summed E-state index contributed by atoms with van der Waals surface area (Å²) in [5.41, 5.74) is 4.31. The number of hydrogen-bond donors (Lipinski definition) is 0. The molecule has 0 bridgehead atoms.